The van der Waals surface area contributed by atoms with Crippen LogP contribution in [-0.2, 0) is 0 Å². The quantitative estimate of drug-likeness (QED) is 0.586. The molecule has 0 aromatic carbocycles. The molecule has 0 aliphatic carbocycles. The minimum Gasteiger partial charge on any atom is -0.130 e. The molecule has 0 atom stereocenters. The molecule has 0 spiro atoms. The summed E-state index contributed by atoms with van der Waals surface area (Å²) in [6.07, 6.45) is 6.26. The van der Waals surface area contributed by atoms with E-state index in [0.29, 0.717) is 0 Å². The van der Waals surface area contributed by atoms with Crippen molar-refractivity contribution in [2.45, 2.75) is 0 Å². The van der Waals surface area contributed by atoms with Crippen molar-refractivity contribution in [1.82, 2.24) is 0 Å². The van der Waals surface area contributed by atoms with Crippen molar-refractivity contribution < 1.29 is 0 Å². The Morgan fingerprint density at radius 3 is 2.29 bits per heavy atom. The normalized spacial score (nSPS) is 16.0. The van der Waals surface area contributed by atoms with Crippen molar-refractivity contribution in [3.8, 4) is 0 Å². The van der Waals surface area contributed by atoms with E-state index in [1.807, 2.05) is 17.8 Å². The van der Waals surface area contributed by atoms with Gasteiger partial charge in [-0.1, -0.05) is 18.2 Å². The molecule has 0 amide bonds. The molecule has 0 saturated heterocycles. The zero-order valence-corrected chi connectivity index (χ0v) is 8.11. The second kappa shape index (κ2) is 4.85. The molecule has 1 aliphatic rings. The molecule has 0 aromatic rings. The summed E-state index contributed by atoms with van der Waals surface area (Å²) >= 11 is 1.83. The largest absolute Gasteiger partial charge is 0.130 e. The van der Waals surface area contributed by atoms with Crippen LogP contribution < -0.4 is 0 Å². The second-order valence-electron chi connectivity index (χ2n) is 1.09. The number of hydrogen-bond donors (Lipinski definition) is 0. The Morgan fingerprint density at radius 1 is 1.29 bits per heavy atom. The molecule has 7 heavy (non-hydrogen) atoms. The average Bonchev–Trinajstić information content (AvgIpc) is 1.72. The molecule has 0 aromatic heterocycles. The molecule has 35 valence electrons. The van der Waals surface area contributed by atoms with Gasteiger partial charge in [0.2, 0.25) is 0 Å². The second-order valence-corrected chi connectivity index (χ2v) is 2.03. The Labute approximate surface area is 66.8 Å². The zero-order valence-electron chi connectivity index (χ0n) is 4.00. The number of hydrogen-bond acceptors (Lipinski definition) is 1. The van der Waals surface area contributed by atoms with Gasteiger partial charge in [0.25, 0.3) is 0 Å². The van der Waals surface area contributed by atoms with Crippen LogP contribution in [0, 0.1) is 0 Å². The molecule has 0 bridgehead atoms. The fourth-order valence-electron chi connectivity index (χ4n) is 0.346. The molecular formula is C5H6InS. The van der Waals surface area contributed by atoms with Gasteiger partial charge in [0.05, 0.1) is 0 Å². The maximum atomic E-state index is 2.14. The first-order valence-electron chi connectivity index (χ1n) is 1.93. The van der Waals surface area contributed by atoms with E-state index in [-0.39, 0.29) is 25.8 Å². The van der Waals surface area contributed by atoms with E-state index in [1.165, 1.54) is 0 Å². The van der Waals surface area contributed by atoms with E-state index in [0.717, 1.165) is 5.75 Å². The van der Waals surface area contributed by atoms with Gasteiger partial charge in [0.15, 0.2) is 0 Å². The first kappa shape index (κ1) is 7.70. The van der Waals surface area contributed by atoms with Gasteiger partial charge in [-0.2, -0.15) is 0 Å². The molecule has 0 saturated carbocycles. The minimum absolute atomic E-state index is 0. The molecule has 1 aliphatic heterocycles. The van der Waals surface area contributed by atoms with Crippen molar-refractivity contribution in [1.29, 1.82) is 0 Å². The van der Waals surface area contributed by atoms with Crippen LogP contribution >= 0.6 is 11.8 Å². The van der Waals surface area contributed by atoms with E-state index in [4.69, 9.17) is 0 Å². The summed E-state index contributed by atoms with van der Waals surface area (Å²) in [5, 5.41) is 2.10. The van der Waals surface area contributed by atoms with Crippen molar-refractivity contribution in [3.05, 3.63) is 23.6 Å². The van der Waals surface area contributed by atoms with Crippen LogP contribution in [0.3, 0.4) is 0 Å². The van der Waals surface area contributed by atoms with Crippen LogP contribution in [0.15, 0.2) is 23.6 Å². The number of thioether (sulfide) groups is 1. The van der Waals surface area contributed by atoms with Crippen LogP contribution in [0.1, 0.15) is 0 Å². The van der Waals surface area contributed by atoms with Gasteiger partial charge in [0, 0.05) is 31.6 Å². The van der Waals surface area contributed by atoms with E-state index < -0.39 is 0 Å². The molecule has 2 heteroatoms. The zero-order chi connectivity index (χ0) is 4.24. The monoisotopic (exact) mass is 213 g/mol. The van der Waals surface area contributed by atoms with Crippen LogP contribution in [-0.4, -0.2) is 31.6 Å². The third-order valence-electron chi connectivity index (χ3n) is 0.614. The van der Waals surface area contributed by atoms with Crippen LogP contribution in [0.5, 0.6) is 0 Å². The average molecular weight is 213 g/mol. The smallest absolute Gasteiger partial charge is 0.0157 e. The third-order valence-corrected chi connectivity index (χ3v) is 1.35. The van der Waals surface area contributed by atoms with E-state index in [9.17, 15) is 0 Å². The Hall–Kier alpha value is 0.700. The van der Waals surface area contributed by atoms with Gasteiger partial charge in [0.1, 0.15) is 0 Å². The molecule has 0 N–H and O–H groups in total. The number of rotatable bonds is 0. The van der Waals surface area contributed by atoms with Crippen molar-refractivity contribution in [3.63, 3.8) is 0 Å². The molecule has 3 radical (unpaired) electrons. The van der Waals surface area contributed by atoms with Crippen molar-refractivity contribution in [2.75, 3.05) is 5.75 Å². The van der Waals surface area contributed by atoms with Gasteiger partial charge in [-0.25, -0.2) is 0 Å². The first-order chi connectivity index (χ1) is 3.00. The number of allylic oxidation sites excluding steroid dienone is 2. The summed E-state index contributed by atoms with van der Waals surface area (Å²) in [7, 11) is 0. The van der Waals surface area contributed by atoms with Crippen LogP contribution in [0.2, 0.25) is 0 Å². The molecule has 0 fully saturated rings. The molecule has 1 heterocycles. The van der Waals surface area contributed by atoms with Crippen molar-refractivity contribution >= 4 is 37.6 Å². The Kier molecular flexibility index (Phi) is 5.33. The SMILES string of the molecule is C1=CCSC=C1.[In]. The summed E-state index contributed by atoms with van der Waals surface area (Å²) in [5.41, 5.74) is 0. The molecule has 0 nitrogen and oxygen atoms in total. The van der Waals surface area contributed by atoms with Gasteiger partial charge in [-0.05, 0) is 5.41 Å². The standard InChI is InChI=1S/C5H6S.In/c1-2-4-6-5-3-1;/h1-4H,5H2;. The van der Waals surface area contributed by atoms with Crippen LogP contribution in [0.4, 0.5) is 0 Å². The van der Waals surface area contributed by atoms with E-state index in [2.05, 4.69) is 17.6 Å². The summed E-state index contributed by atoms with van der Waals surface area (Å²) in [5.74, 6) is 1.15. The van der Waals surface area contributed by atoms with E-state index >= 15 is 0 Å². The fourth-order valence-corrected chi connectivity index (χ4v) is 0.881. The van der Waals surface area contributed by atoms with Crippen LogP contribution in [0.25, 0.3) is 0 Å². The molecule has 1 rings (SSSR count). The Morgan fingerprint density at radius 2 is 2.14 bits per heavy atom. The topological polar surface area (TPSA) is 0 Å². The Bertz CT molecular complexity index is 74.1. The predicted octanol–water partition coefficient (Wildman–Crippen LogP) is 1.42. The summed E-state index contributed by atoms with van der Waals surface area (Å²) < 4.78 is 0. The van der Waals surface area contributed by atoms with Gasteiger partial charge in [-0.15, -0.1) is 11.8 Å². The molecule has 0 unspecified atom stereocenters. The maximum absolute atomic E-state index is 2.14. The summed E-state index contributed by atoms with van der Waals surface area (Å²) in [6.45, 7) is 0. The van der Waals surface area contributed by atoms with E-state index in [1.54, 1.807) is 0 Å². The van der Waals surface area contributed by atoms with Gasteiger partial charge in [-0.3, -0.25) is 0 Å². The molecular weight excluding hydrogens is 207 g/mol. The minimum atomic E-state index is 0. The van der Waals surface area contributed by atoms with Crippen molar-refractivity contribution in [2.24, 2.45) is 0 Å². The Balaban J connectivity index is 0.000000360. The first-order valence-corrected chi connectivity index (χ1v) is 2.98. The maximum Gasteiger partial charge on any atom is 0.0157 e. The summed E-state index contributed by atoms with van der Waals surface area (Å²) in [4.78, 5) is 0. The third kappa shape index (κ3) is 3.30. The summed E-state index contributed by atoms with van der Waals surface area (Å²) in [6, 6.07) is 0. The van der Waals surface area contributed by atoms with Gasteiger partial charge >= 0.3 is 0 Å². The fraction of sp³-hybridized carbons (Fsp3) is 0.200. The van der Waals surface area contributed by atoms with Gasteiger partial charge < -0.3 is 0 Å². The predicted molar refractivity (Wildman–Crippen MR) is 36.5 cm³/mol.